The summed E-state index contributed by atoms with van der Waals surface area (Å²) in [7, 11) is 1.19. The summed E-state index contributed by atoms with van der Waals surface area (Å²) >= 11 is 0. The van der Waals surface area contributed by atoms with Crippen molar-refractivity contribution in [1.29, 1.82) is 0 Å². The van der Waals surface area contributed by atoms with E-state index >= 15 is 0 Å². The van der Waals surface area contributed by atoms with Crippen molar-refractivity contribution >= 4 is 11.7 Å². The normalized spacial score (nSPS) is 13.9. The molecule has 0 amide bonds. The van der Waals surface area contributed by atoms with E-state index in [1.165, 1.54) is 20.1 Å². The summed E-state index contributed by atoms with van der Waals surface area (Å²) in [5, 5.41) is 12.5. The SMILES string of the molecule is COC(=O)C(C)(O)CNc1c(C)cccc1F. The van der Waals surface area contributed by atoms with Crippen LogP contribution in [-0.4, -0.2) is 30.3 Å². The zero-order valence-corrected chi connectivity index (χ0v) is 10.1. The molecule has 0 radical (unpaired) electrons. The van der Waals surface area contributed by atoms with Crippen molar-refractivity contribution in [2.24, 2.45) is 0 Å². The second-order valence-electron chi connectivity index (χ2n) is 4.05. The van der Waals surface area contributed by atoms with E-state index in [4.69, 9.17) is 0 Å². The predicted molar refractivity (Wildman–Crippen MR) is 62.3 cm³/mol. The molecule has 1 aromatic rings. The minimum atomic E-state index is -1.69. The van der Waals surface area contributed by atoms with Crippen LogP contribution in [0.5, 0.6) is 0 Å². The molecule has 2 N–H and O–H groups in total. The van der Waals surface area contributed by atoms with Gasteiger partial charge in [-0.25, -0.2) is 9.18 Å². The number of ether oxygens (including phenoxy) is 1. The monoisotopic (exact) mass is 241 g/mol. The number of rotatable bonds is 4. The number of anilines is 1. The summed E-state index contributed by atoms with van der Waals surface area (Å²) in [6.45, 7) is 2.92. The molecule has 1 aromatic carbocycles. The number of aryl methyl sites for hydroxylation is 1. The van der Waals surface area contributed by atoms with Crippen molar-refractivity contribution in [2.75, 3.05) is 19.0 Å². The molecule has 0 aromatic heterocycles. The van der Waals surface area contributed by atoms with Gasteiger partial charge in [0.05, 0.1) is 19.3 Å². The average molecular weight is 241 g/mol. The molecule has 0 saturated heterocycles. The maximum Gasteiger partial charge on any atom is 0.339 e. The average Bonchev–Trinajstić information content (AvgIpc) is 2.27. The van der Waals surface area contributed by atoms with Crippen molar-refractivity contribution in [3.05, 3.63) is 29.6 Å². The number of esters is 1. The van der Waals surface area contributed by atoms with Gasteiger partial charge in [-0.2, -0.15) is 0 Å². The summed E-state index contributed by atoms with van der Waals surface area (Å²) in [5.41, 5.74) is -0.717. The Morgan fingerprint density at radius 3 is 2.76 bits per heavy atom. The number of halogens is 1. The summed E-state index contributed by atoms with van der Waals surface area (Å²) in [6, 6.07) is 4.63. The zero-order chi connectivity index (χ0) is 13.1. The largest absolute Gasteiger partial charge is 0.467 e. The van der Waals surface area contributed by atoms with Gasteiger partial charge in [-0.05, 0) is 25.5 Å². The molecule has 0 saturated carbocycles. The molecular formula is C12H16FNO3. The van der Waals surface area contributed by atoms with Crippen molar-refractivity contribution in [1.82, 2.24) is 0 Å². The number of nitrogens with one attached hydrogen (secondary N) is 1. The van der Waals surface area contributed by atoms with E-state index < -0.39 is 17.4 Å². The lowest BCUT2D eigenvalue weighted by Gasteiger charge is -2.22. The molecule has 0 aliphatic rings. The Balaban J connectivity index is 2.77. The number of benzene rings is 1. The third-order valence-corrected chi connectivity index (χ3v) is 2.46. The summed E-state index contributed by atoms with van der Waals surface area (Å²) in [4.78, 5) is 11.2. The second kappa shape index (κ2) is 5.14. The Morgan fingerprint density at radius 1 is 1.59 bits per heavy atom. The van der Waals surface area contributed by atoms with Crippen LogP contribution in [0.25, 0.3) is 0 Å². The van der Waals surface area contributed by atoms with E-state index in [1.807, 2.05) is 0 Å². The minimum Gasteiger partial charge on any atom is -0.467 e. The zero-order valence-electron chi connectivity index (χ0n) is 10.1. The molecule has 4 nitrogen and oxygen atoms in total. The van der Waals surface area contributed by atoms with Crippen LogP contribution >= 0.6 is 0 Å². The van der Waals surface area contributed by atoms with E-state index in [0.717, 1.165) is 0 Å². The highest BCUT2D eigenvalue weighted by atomic mass is 19.1. The molecule has 1 atom stereocenters. The first-order valence-corrected chi connectivity index (χ1v) is 5.18. The van der Waals surface area contributed by atoms with Gasteiger partial charge in [0.15, 0.2) is 5.60 Å². The Kier molecular flexibility index (Phi) is 4.07. The molecule has 0 aliphatic heterocycles. The van der Waals surface area contributed by atoms with Crippen molar-refractivity contribution < 1.29 is 19.0 Å². The smallest absolute Gasteiger partial charge is 0.339 e. The summed E-state index contributed by atoms with van der Waals surface area (Å²) in [6.07, 6.45) is 0. The van der Waals surface area contributed by atoms with Crippen LogP contribution in [0.4, 0.5) is 10.1 Å². The van der Waals surface area contributed by atoms with Crippen LogP contribution in [0.3, 0.4) is 0 Å². The highest BCUT2D eigenvalue weighted by Gasteiger charge is 2.31. The third kappa shape index (κ3) is 3.17. The van der Waals surface area contributed by atoms with Crippen LogP contribution in [0.15, 0.2) is 18.2 Å². The van der Waals surface area contributed by atoms with Gasteiger partial charge in [0, 0.05) is 0 Å². The van der Waals surface area contributed by atoms with Gasteiger partial charge in [0.25, 0.3) is 0 Å². The lowest BCUT2D eigenvalue weighted by molar-refractivity contribution is -0.158. The molecule has 1 rings (SSSR count). The maximum atomic E-state index is 13.4. The summed E-state index contributed by atoms with van der Waals surface area (Å²) < 4.78 is 17.9. The van der Waals surface area contributed by atoms with Crippen molar-refractivity contribution in [2.45, 2.75) is 19.4 Å². The number of para-hydroxylation sites is 1. The van der Waals surface area contributed by atoms with E-state index in [9.17, 15) is 14.3 Å². The van der Waals surface area contributed by atoms with Crippen LogP contribution in [0.2, 0.25) is 0 Å². The molecule has 17 heavy (non-hydrogen) atoms. The fourth-order valence-corrected chi connectivity index (χ4v) is 1.41. The topological polar surface area (TPSA) is 58.6 Å². The number of methoxy groups -OCH3 is 1. The van der Waals surface area contributed by atoms with Crippen LogP contribution in [0, 0.1) is 12.7 Å². The van der Waals surface area contributed by atoms with E-state index in [1.54, 1.807) is 19.1 Å². The highest BCUT2D eigenvalue weighted by molar-refractivity contribution is 5.79. The van der Waals surface area contributed by atoms with Crippen molar-refractivity contribution in [3.63, 3.8) is 0 Å². The first-order valence-electron chi connectivity index (χ1n) is 5.18. The molecule has 0 aliphatic carbocycles. The van der Waals surface area contributed by atoms with Gasteiger partial charge in [-0.15, -0.1) is 0 Å². The second-order valence-corrected chi connectivity index (χ2v) is 4.05. The lowest BCUT2D eigenvalue weighted by Crippen LogP contribution is -2.43. The molecule has 0 fully saturated rings. The first kappa shape index (κ1) is 13.4. The van der Waals surface area contributed by atoms with E-state index in [2.05, 4.69) is 10.1 Å². The van der Waals surface area contributed by atoms with Gasteiger partial charge in [-0.3, -0.25) is 0 Å². The molecule has 94 valence electrons. The first-order chi connectivity index (χ1) is 7.88. The molecule has 0 spiro atoms. The van der Waals surface area contributed by atoms with Gasteiger partial charge < -0.3 is 15.2 Å². The molecular weight excluding hydrogens is 225 g/mol. The maximum absolute atomic E-state index is 13.4. The molecule has 0 bridgehead atoms. The van der Waals surface area contributed by atoms with Crippen molar-refractivity contribution in [3.8, 4) is 0 Å². The number of hydrogen-bond acceptors (Lipinski definition) is 4. The number of carbonyl (C=O) groups is 1. The molecule has 0 heterocycles. The predicted octanol–water partition coefficient (Wildman–Crippen LogP) is 1.47. The Hall–Kier alpha value is -1.62. The molecule has 5 heteroatoms. The number of carbonyl (C=O) groups excluding carboxylic acids is 1. The van der Waals surface area contributed by atoms with E-state index in [0.29, 0.717) is 5.56 Å². The highest BCUT2D eigenvalue weighted by Crippen LogP contribution is 2.19. The van der Waals surface area contributed by atoms with Gasteiger partial charge in [0.1, 0.15) is 5.82 Å². The minimum absolute atomic E-state index is 0.124. The fourth-order valence-electron chi connectivity index (χ4n) is 1.41. The Morgan fingerprint density at radius 2 is 2.24 bits per heavy atom. The van der Waals surface area contributed by atoms with Gasteiger partial charge in [-0.1, -0.05) is 12.1 Å². The standard InChI is InChI=1S/C12H16FNO3/c1-8-5-4-6-9(13)10(8)14-7-12(2,16)11(15)17-3/h4-6,14,16H,7H2,1-3H3. The van der Waals surface area contributed by atoms with Crippen LogP contribution in [-0.2, 0) is 9.53 Å². The summed E-state index contributed by atoms with van der Waals surface area (Å²) in [5.74, 6) is -1.19. The van der Waals surface area contributed by atoms with Crippen LogP contribution < -0.4 is 5.32 Å². The third-order valence-electron chi connectivity index (χ3n) is 2.46. The van der Waals surface area contributed by atoms with Gasteiger partial charge >= 0.3 is 5.97 Å². The quantitative estimate of drug-likeness (QED) is 0.784. The molecule has 1 unspecified atom stereocenters. The number of aliphatic hydroxyl groups is 1. The Labute approximate surface area is 99.4 Å². The van der Waals surface area contributed by atoms with Gasteiger partial charge in [0.2, 0.25) is 0 Å². The Bertz CT molecular complexity index is 398. The van der Waals surface area contributed by atoms with Crippen LogP contribution in [0.1, 0.15) is 12.5 Å². The number of hydrogen-bond donors (Lipinski definition) is 2. The van der Waals surface area contributed by atoms with E-state index in [-0.39, 0.29) is 12.2 Å². The lowest BCUT2D eigenvalue weighted by atomic mass is 10.1. The fraction of sp³-hybridized carbons (Fsp3) is 0.417.